The van der Waals surface area contributed by atoms with E-state index in [0.29, 0.717) is 13.0 Å². The quantitative estimate of drug-likeness (QED) is 0.234. The molecule has 0 radical (unpaired) electrons. The Morgan fingerprint density at radius 2 is 1.84 bits per heavy atom. The van der Waals surface area contributed by atoms with Gasteiger partial charge in [-0.05, 0) is 52.1 Å². The van der Waals surface area contributed by atoms with E-state index in [1.807, 2.05) is 13.1 Å². The van der Waals surface area contributed by atoms with E-state index < -0.39 is 49.9 Å². The summed E-state index contributed by atoms with van der Waals surface area (Å²) in [4.78, 5) is 38.0. The number of carbonyl (C=O) groups excluding carboxylic acids is 2. The van der Waals surface area contributed by atoms with Crippen molar-refractivity contribution in [3.8, 4) is 0 Å². The number of nitrogens with zero attached hydrogens (tertiary/aromatic N) is 2. The van der Waals surface area contributed by atoms with Gasteiger partial charge in [0.15, 0.2) is 14.8 Å². The second kappa shape index (κ2) is 10.9. The SMILES string of the molecule is CCOC(=O)CNC(C[N+](=O)[O-])[C@@]1(O[SiH](C)C)C[C@H](C(C)(C)C)CN1C(=O)OC(C)(C)C. The number of nitrogens with one attached hydrogen (secondary N) is 1. The minimum atomic E-state index is -1.80. The van der Waals surface area contributed by atoms with Crippen molar-refractivity contribution < 1.29 is 28.4 Å². The van der Waals surface area contributed by atoms with Crippen LogP contribution in [-0.4, -0.2) is 74.5 Å². The van der Waals surface area contributed by atoms with E-state index in [4.69, 9.17) is 13.9 Å². The summed E-state index contributed by atoms with van der Waals surface area (Å²) >= 11 is 0. The van der Waals surface area contributed by atoms with E-state index in [0.717, 1.165) is 0 Å². The van der Waals surface area contributed by atoms with E-state index in [9.17, 15) is 19.7 Å². The molecule has 0 spiro atoms. The van der Waals surface area contributed by atoms with Crippen LogP contribution < -0.4 is 5.32 Å². The Hall–Kier alpha value is -1.72. The summed E-state index contributed by atoms with van der Waals surface area (Å²) in [5, 5.41) is 14.6. The zero-order chi connectivity index (χ0) is 24.9. The number of likely N-dealkylation sites (tertiary alicyclic amines) is 1. The van der Waals surface area contributed by atoms with Crippen LogP contribution in [0.15, 0.2) is 0 Å². The van der Waals surface area contributed by atoms with E-state index in [1.165, 1.54) is 4.90 Å². The molecule has 0 aliphatic carbocycles. The Balaban J connectivity index is 3.50. The molecule has 1 N–H and O–H groups in total. The average Bonchev–Trinajstić information content (AvgIpc) is 2.97. The molecule has 1 aliphatic heterocycles. The Morgan fingerprint density at radius 1 is 1.25 bits per heavy atom. The minimum Gasteiger partial charge on any atom is -0.465 e. The summed E-state index contributed by atoms with van der Waals surface area (Å²) in [5.74, 6) is -0.506. The first-order valence-corrected chi connectivity index (χ1v) is 14.0. The highest BCUT2D eigenvalue weighted by molar-refractivity contribution is 6.48. The standard InChI is InChI=1S/C21H41N3O7Si/c1-10-29-17(25)12-22-16(14-24(27)28)21(31-32(8)9)11-15(19(2,3)4)13-23(21)18(26)30-20(5,6)7/h15-16,22,32H,10-14H2,1-9H3/t15-,16?,21-/m0/s1. The summed E-state index contributed by atoms with van der Waals surface area (Å²) in [5.41, 5.74) is -2.22. The molecule has 10 nitrogen and oxygen atoms in total. The van der Waals surface area contributed by atoms with Crippen LogP contribution in [0.2, 0.25) is 13.1 Å². The summed E-state index contributed by atoms with van der Waals surface area (Å²) in [6.07, 6.45) is -0.180. The molecule has 1 heterocycles. The molecule has 1 aliphatic rings. The van der Waals surface area contributed by atoms with Gasteiger partial charge in [0.1, 0.15) is 11.6 Å². The van der Waals surface area contributed by atoms with Crippen molar-refractivity contribution in [3.63, 3.8) is 0 Å². The Labute approximate surface area is 193 Å². The van der Waals surface area contributed by atoms with Gasteiger partial charge in [0.2, 0.25) is 6.54 Å². The molecule has 186 valence electrons. The van der Waals surface area contributed by atoms with Crippen LogP contribution >= 0.6 is 0 Å². The van der Waals surface area contributed by atoms with Gasteiger partial charge in [0.25, 0.3) is 0 Å². The average molecular weight is 476 g/mol. The Morgan fingerprint density at radius 3 is 2.28 bits per heavy atom. The van der Waals surface area contributed by atoms with Crippen molar-refractivity contribution >= 4 is 21.1 Å². The predicted molar refractivity (Wildman–Crippen MR) is 123 cm³/mol. The summed E-state index contributed by atoms with van der Waals surface area (Å²) in [6.45, 7) is 16.9. The molecule has 1 amide bonds. The first-order valence-electron chi connectivity index (χ1n) is 11.2. The fraction of sp³-hybridized carbons (Fsp3) is 0.905. The number of carbonyl (C=O) groups is 2. The molecule has 0 bridgehead atoms. The van der Waals surface area contributed by atoms with E-state index in [-0.39, 0.29) is 24.5 Å². The van der Waals surface area contributed by atoms with Crippen molar-refractivity contribution in [2.24, 2.45) is 11.3 Å². The zero-order valence-corrected chi connectivity index (χ0v) is 22.2. The molecular formula is C21H41N3O7Si. The van der Waals surface area contributed by atoms with Gasteiger partial charge in [-0.3, -0.25) is 25.1 Å². The van der Waals surface area contributed by atoms with Crippen LogP contribution in [0.3, 0.4) is 0 Å². The number of hydrogen-bond acceptors (Lipinski definition) is 8. The third kappa shape index (κ3) is 8.00. The lowest BCUT2D eigenvalue weighted by molar-refractivity contribution is -0.488. The number of ether oxygens (including phenoxy) is 2. The highest BCUT2D eigenvalue weighted by Gasteiger charge is 2.58. The molecule has 0 aromatic carbocycles. The fourth-order valence-electron chi connectivity index (χ4n) is 3.90. The Kier molecular flexibility index (Phi) is 9.67. The molecule has 1 rings (SSSR count). The molecule has 1 fully saturated rings. The second-order valence-electron chi connectivity index (χ2n) is 10.6. The highest BCUT2D eigenvalue weighted by atomic mass is 28.3. The third-order valence-corrected chi connectivity index (χ3v) is 6.23. The van der Waals surface area contributed by atoms with Gasteiger partial charge >= 0.3 is 12.1 Å². The lowest BCUT2D eigenvalue weighted by Gasteiger charge is -2.44. The van der Waals surface area contributed by atoms with Gasteiger partial charge in [-0.15, -0.1) is 0 Å². The number of hydrogen-bond donors (Lipinski definition) is 1. The molecule has 0 saturated carbocycles. The molecule has 0 aromatic heterocycles. The number of esters is 1. The first-order chi connectivity index (χ1) is 14.5. The molecule has 1 unspecified atom stereocenters. The summed E-state index contributed by atoms with van der Waals surface area (Å²) < 4.78 is 17.1. The molecule has 0 aromatic rings. The second-order valence-corrected chi connectivity index (χ2v) is 13.0. The van der Waals surface area contributed by atoms with Crippen LogP contribution in [0, 0.1) is 21.4 Å². The van der Waals surface area contributed by atoms with Crippen LogP contribution in [0.5, 0.6) is 0 Å². The van der Waals surface area contributed by atoms with Crippen LogP contribution in [0.25, 0.3) is 0 Å². The van der Waals surface area contributed by atoms with Crippen molar-refractivity contribution in [2.75, 3.05) is 26.2 Å². The zero-order valence-electron chi connectivity index (χ0n) is 21.0. The lowest BCUT2D eigenvalue weighted by Crippen LogP contribution is -2.65. The Bertz CT molecular complexity index is 675. The minimum absolute atomic E-state index is 0.0152. The fourth-order valence-corrected chi connectivity index (χ4v) is 5.10. The van der Waals surface area contributed by atoms with Crippen molar-refractivity contribution in [1.82, 2.24) is 10.2 Å². The smallest absolute Gasteiger partial charge is 0.412 e. The van der Waals surface area contributed by atoms with Gasteiger partial charge in [0.05, 0.1) is 13.2 Å². The molecular weight excluding hydrogens is 434 g/mol. The number of amides is 1. The summed E-state index contributed by atoms with van der Waals surface area (Å²) in [6, 6.07) is -0.920. The van der Waals surface area contributed by atoms with Crippen LogP contribution in [0.1, 0.15) is 54.9 Å². The largest absolute Gasteiger partial charge is 0.465 e. The van der Waals surface area contributed by atoms with E-state index in [1.54, 1.807) is 27.7 Å². The monoisotopic (exact) mass is 475 g/mol. The molecule has 11 heteroatoms. The maximum atomic E-state index is 13.3. The lowest BCUT2D eigenvalue weighted by atomic mass is 9.78. The topological polar surface area (TPSA) is 120 Å². The first kappa shape index (κ1) is 28.3. The van der Waals surface area contributed by atoms with E-state index >= 15 is 0 Å². The maximum Gasteiger partial charge on any atom is 0.412 e. The third-order valence-electron chi connectivity index (χ3n) is 5.35. The number of nitro groups is 1. The van der Waals surface area contributed by atoms with Crippen molar-refractivity contribution in [1.29, 1.82) is 0 Å². The van der Waals surface area contributed by atoms with E-state index in [2.05, 4.69) is 26.1 Å². The molecule has 1 saturated heterocycles. The molecule has 3 atom stereocenters. The maximum absolute atomic E-state index is 13.3. The van der Waals surface area contributed by atoms with Gasteiger partial charge in [-0.2, -0.15) is 0 Å². The van der Waals surface area contributed by atoms with Crippen LogP contribution in [-0.2, 0) is 18.7 Å². The van der Waals surface area contributed by atoms with Crippen LogP contribution in [0.4, 0.5) is 4.79 Å². The van der Waals surface area contributed by atoms with Gasteiger partial charge < -0.3 is 13.9 Å². The van der Waals surface area contributed by atoms with Gasteiger partial charge in [0, 0.05) is 17.9 Å². The van der Waals surface area contributed by atoms with Crippen molar-refractivity contribution in [3.05, 3.63) is 10.1 Å². The number of rotatable bonds is 9. The van der Waals surface area contributed by atoms with Gasteiger partial charge in [-0.25, -0.2) is 4.79 Å². The van der Waals surface area contributed by atoms with Crippen molar-refractivity contribution in [2.45, 2.75) is 85.3 Å². The molecule has 32 heavy (non-hydrogen) atoms. The van der Waals surface area contributed by atoms with Gasteiger partial charge in [-0.1, -0.05) is 20.8 Å². The summed E-state index contributed by atoms with van der Waals surface area (Å²) in [7, 11) is -1.80. The normalized spacial score (nSPS) is 22.7. The predicted octanol–water partition coefficient (Wildman–Crippen LogP) is 2.78. The highest BCUT2D eigenvalue weighted by Crippen LogP contribution is 2.45.